The molecule has 1 aromatic carbocycles. The number of hydrogen-bond donors (Lipinski definition) is 0. The van der Waals surface area contributed by atoms with Crippen LogP contribution < -0.4 is 0 Å². The Bertz CT molecular complexity index is 790. The molecule has 2 bridgehead atoms. The van der Waals surface area contributed by atoms with E-state index >= 15 is 0 Å². The van der Waals surface area contributed by atoms with Gasteiger partial charge < -0.3 is 4.90 Å². The number of nitrogens with zero attached hydrogens (tertiary/aromatic N) is 3. The predicted molar refractivity (Wildman–Crippen MR) is 92.9 cm³/mol. The van der Waals surface area contributed by atoms with Crippen molar-refractivity contribution in [1.82, 2.24) is 14.9 Å². The second kappa shape index (κ2) is 4.90. The summed E-state index contributed by atoms with van der Waals surface area (Å²) in [5.74, 6) is 0.812. The number of likely N-dealkylation sites (tertiary alicyclic amines) is 1. The van der Waals surface area contributed by atoms with Crippen molar-refractivity contribution in [3.8, 4) is 0 Å². The van der Waals surface area contributed by atoms with Crippen LogP contribution in [0.25, 0.3) is 11.0 Å². The number of piperidine rings is 1. The van der Waals surface area contributed by atoms with Crippen molar-refractivity contribution in [3.05, 3.63) is 34.6 Å². The average Bonchev–Trinajstić information content (AvgIpc) is 2.57. The molecule has 0 amide bonds. The molecule has 2 aliphatic carbocycles. The molecule has 1 saturated heterocycles. The summed E-state index contributed by atoms with van der Waals surface area (Å²) in [4.78, 5) is 11.6. The summed E-state index contributed by atoms with van der Waals surface area (Å²) in [7, 11) is 2.31. The zero-order chi connectivity index (χ0) is 15.6. The van der Waals surface area contributed by atoms with E-state index in [1.54, 1.807) is 11.8 Å². The molecule has 3 aliphatic rings. The van der Waals surface area contributed by atoms with Crippen LogP contribution in [0.4, 0.5) is 0 Å². The molecular weight excluding hydrogens is 306 g/mol. The number of hydrogen-bond acceptors (Lipinski definition) is 3. The quantitative estimate of drug-likeness (QED) is 0.733. The first-order valence-electron chi connectivity index (χ1n) is 8.83. The third-order valence-electron chi connectivity index (χ3n) is 6.74. The lowest BCUT2D eigenvalue weighted by Crippen LogP contribution is -2.59. The van der Waals surface area contributed by atoms with Crippen molar-refractivity contribution < 1.29 is 0 Å². The Kier molecular flexibility index (Phi) is 3.02. The minimum atomic E-state index is 0.376. The lowest BCUT2D eigenvalue weighted by Gasteiger charge is -2.58. The fraction of sp³-hybridized carbons (Fsp3) is 0.579. The van der Waals surface area contributed by atoms with E-state index in [9.17, 15) is 0 Å². The third kappa shape index (κ3) is 1.93. The lowest BCUT2D eigenvalue weighted by atomic mass is 9.52. The number of rotatable bonds is 0. The molecule has 5 rings (SSSR count). The zero-order valence-electron chi connectivity index (χ0n) is 13.6. The number of halogens is 1. The van der Waals surface area contributed by atoms with E-state index < -0.39 is 0 Å². The first-order valence-corrected chi connectivity index (χ1v) is 9.21. The van der Waals surface area contributed by atoms with Gasteiger partial charge in [-0.3, -0.25) is 4.98 Å². The molecule has 2 fully saturated rings. The van der Waals surface area contributed by atoms with E-state index in [4.69, 9.17) is 11.6 Å². The topological polar surface area (TPSA) is 29.0 Å². The number of fused-ring (bicyclic) bond motifs is 2. The Morgan fingerprint density at radius 3 is 3.04 bits per heavy atom. The maximum absolute atomic E-state index is 6.08. The Labute approximate surface area is 142 Å². The van der Waals surface area contributed by atoms with Crippen molar-refractivity contribution in [2.75, 3.05) is 13.6 Å². The van der Waals surface area contributed by atoms with Gasteiger partial charge in [0.15, 0.2) is 0 Å². The highest BCUT2D eigenvalue weighted by Gasteiger charge is 2.53. The molecule has 1 aromatic heterocycles. The van der Waals surface area contributed by atoms with Gasteiger partial charge in [0, 0.05) is 11.5 Å². The van der Waals surface area contributed by atoms with E-state index in [1.165, 1.54) is 50.6 Å². The molecule has 1 aliphatic heterocycles. The standard InChI is InChI=1S/C19H22ClN3/c1-23-7-6-19-5-3-2-4-13(19)17(23)9-12-8-15-16(10-14(12)19)22-18(20)11-21-15/h8,10-11,13,17H,2-7,9H2,1H3/t13-,17+,19+/m0/s1. The Hall–Kier alpha value is -1.19. The van der Waals surface area contributed by atoms with Gasteiger partial charge in [0.05, 0.1) is 17.2 Å². The summed E-state index contributed by atoms with van der Waals surface area (Å²) < 4.78 is 0. The van der Waals surface area contributed by atoms with Crippen LogP contribution in [0.5, 0.6) is 0 Å². The minimum Gasteiger partial charge on any atom is -0.303 e. The summed E-state index contributed by atoms with van der Waals surface area (Å²) in [6, 6.07) is 5.31. The molecule has 4 heteroatoms. The SMILES string of the molecule is CN1CC[C@]23CCCC[C@H]2[C@H]1Cc1cc2ncc(Cl)nc2cc13. The van der Waals surface area contributed by atoms with Crippen LogP contribution in [0, 0.1) is 5.92 Å². The summed E-state index contributed by atoms with van der Waals surface area (Å²) in [5.41, 5.74) is 5.40. The lowest BCUT2D eigenvalue weighted by molar-refractivity contribution is 0.00297. The highest BCUT2D eigenvalue weighted by molar-refractivity contribution is 6.29. The molecule has 2 aromatic rings. The van der Waals surface area contributed by atoms with Crippen LogP contribution in [0.15, 0.2) is 18.3 Å². The Morgan fingerprint density at radius 2 is 2.13 bits per heavy atom. The monoisotopic (exact) mass is 327 g/mol. The number of likely N-dealkylation sites (N-methyl/N-ethyl adjacent to an activating group) is 1. The summed E-state index contributed by atoms with van der Waals surface area (Å²) in [6.45, 7) is 1.22. The summed E-state index contributed by atoms with van der Waals surface area (Å²) >= 11 is 6.08. The largest absolute Gasteiger partial charge is 0.303 e. The Balaban J connectivity index is 1.76. The second-order valence-corrected chi connectivity index (χ2v) is 8.09. The van der Waals surface area contributed by atoms with Gasteiger partial charge >= 0.3 is 0 Å². The zero-order valence-corrected chi connectivity index (χ0v) is 14.3. The first kappa shape index (κ1) is 14.2. The molecule has 0 radical (unpaired) electrons. The van der Waals surface area contributed by atoms with Crippen LogP contribution in [-0.2, 0) is 11.8 Å². The van der Waals surface area contributed by atoms with Crippen LogP contribution in [0.2, 0.25) is 5.15 Å². The maximum Gasteiger partial charge on any atom is 0.148 e. The van der Waals surface area contributed by atoms with Crippen LogP contribution in [0.3, 0.4) is 0 Å². The molecular formula is C19H22ClN3. The molecule has 2 heterocycles. The van der Waals surface area contributed by atoms with E-state index in [0.29, 0.717) is 16.6 Å². The second-order valence-electron chi connectivity index (χ2n) is 7.70. The van der Waals surface area contributed by atoms with Gasteiger partial charge in [-0.15, -0.1) is 0 Å². The predicted octanol–water partition coefficient (Wildman–Crippen LogP) is 3.97. The van der Waals surface area contributed by atoms with Crippen molar-refractivity contribution in [1.29, 1.82) is 0 Å². The van der Waals surface area contributed by atoms with Gasteiger partial charge in [-0.05, 0) is 68.5 Å². The highest BCUT2D eigenvalue weighted by atomic mass is 35.5. The fourth-order valence-electron chi connectivity index (χ4n) is 5.69. The molecule has 120 valence electrons. The van der Waals surface area contributed by atoms with Crippen molar-refractivity contribution >= 4 is 22.6 Å². The van der Waals surface area contributed by atoms with E-state index in [0.717, 1.165) is 17.0 Å². The third-order valence-corrected chi connectivity index (χ3v) is 6.92. The van der Waals surface area contributed by atoms with Crippen molar-refractivity contribution in [2.24, 2.45) is 5.92 Å². The summed E-state index contributed by atoms with van der Waals surface area (Å²) in [5, 5.41) is 0.493. The van der Waals surface area contributed by atoms with Crippen molar-refractivity contribution in [2.45, 2.75) is 50.0 Å². The summed E-state index contributed by atoms with van der Waals surface area (Å²) in [6.07, 6.45) is 9.60. The van der Waals surface area contributed by atoms with Gasteiger partial charge in [-0.25, -0.2) is 4.98 Å². The molecule has 3 atom stereocenters. The minimum absolute atomic E-state index is 0.376. The van der Waals surface area contributed by atoms with Gasteiger partial charge in [-0.2, -0.15) is 0 Å². The normalized spacial score (nSPS) is 33.3. The molecule has 1 saturated carbocycles. The average molecular weight is 328 g/mol. The van der Waals surface area contributed by atoms with E-state index in [1.807, 2.05) is 0 Å². The van der Waals surface area contributed by atoms with Crippen molar-refractivity contribution in [3.63, 3.8) is 0 Å². The van der Waals surface area contributed by atoms with Crippen LogP contribution in [-0.4, -0.2) is 34.5 Å². The van der Waals surface area contributed by atoms with E-state index in [2.05, 4.69) is 34.0 Å². The fourth-order valence-corrected chi connectivity index (χ4v) is 5.83. The van der Waals surface area contributed by atoms with Gasteiger partial charge in [0.1, 0.15) is 5.15 Å². The first-order chi connectivity index (χ1) is 11.2. The van der Waals surface area contributed by atoms with E-state index in [-0.39, 0.29) is 0 Å². The smallest absolute Gasteiger partial charge is 0.148 e. The van der Waals surface area contributed by atoms with Gasteiger partial charge in [0.2, 0.25) is 0 Å². The molecule has 0 spiro atoms. The number of benzene rings is 1. The van der Waals surface area contributed by atoms with Gasteiger partial charge in [-0.1, -0.05) is 24.4 Å². The highest BCUT2D eigenvalue weighted by Crippen LogP contribution is 2.55. The molecule has 23 heavy (non-hydrogen) atoms. The molecule has 3 nitrogen and oxygen atoms in total. The van der Waals surface area contributed by atoms with Gasteiger partial charge in [0.25, 0.3) is 0 Å². The van der Waals surface area contributed by atoms with Crippen LogP contribution in [0.1, 0.15) is 43.2 Å². The molecule has 0 unspecified atom stereocenters. The number of aromatic nitrogens is 2. The maximum atomic E-state index is 6.08. The molecule has 0 N–H and O–H groups in total. The Morgan fingerprint density at radius 1 is 1.22 bits per heavy atom. The van der Waals surface area contributed by atoms with Crippen LogP contribution >= 0.6 is 11.6 Å².